The Morgan fingerprint density at radius 1 is 1.27 bits per heavy atom. The van der Waals surface area contributed by atoms with Crippen LogP contribution in [0.4, 0.5) is 17.6 Å². The molecular weight excluding hydrogens is 380 g/mol. The van der Waals surface area contributed by atoms with E-state index in [0.29, 0.717) is 0 Å². The third-order valence-corrected chi connectivity index (χ3v) is 4.44. The van der Waals surface area contributed by atoms with Crippen LogP contribution >= 0.6 is 11.8 Å². The number of rotatable bonds is 3. The number of thioether (sulfide) groups is 1. The number of nitriles is 1. The molecule has 3 rings (SSSR count). The van der Waals surface area contributed by atoms with Crippen molar-refractivity contribution in [2.75, 3.05) is 0 Å². The van der Waals surface area contributed by atoms with Crippen molar-refractivity contribution in [2.45, 2.75) is 16.6 Å². The van der Waals surface area contributed by atoms with E-state index in [0.717, 1.165) is 18.5 Å². The number of hydrogen-bond acceptors (Lipinski definition) is 7. The largest absolute Gasteiger partial charge is 0.503 e. The lowest BCUT2D eigenvalue weighted by molar-refractivity contribution is 0.0573. The third-order valence-electron chi connectivity index (χ3n) is 3.40. The van der Waals surface area contributed by atoms with Crippen molar-refractivity contribution in [2.24, 2.45) is 0 Å². The van der Waals surface area contributed by atoms with Gasteiger partial charge in [0.2, 0.25) is 11.5 Å². The van der Waals surface area contributed by atoms with Crippen LogP contribution in [-0.4, -0.2) is 26.2 Å². The number of alkyl halides is 4. The Bertz CT molecular complexity index is 975. The highest BCUT2D eigenvalue weighted by Crippen LogP contribution is 2.59. The van der Waals surface area contributed by atoms with E-state index in [1.54, 1.807) is 6.07 Å². The fraction of sp³-hybridized carbons (Fsp3) is 0.133. The summed E-state index contributed by atoms with van der Waals surface area (Å²) in [6.45, 7) is 0. The van der Waals surface area contributed by atoms with Crippen LogP contribution in [0.25, 0.3) is 0 Å². The first kappa shape index (κ1) is 17.8. The maximum Gasteiger partial charge on any atom is 0.360 e. The van der Waals surface area contributed by atoms with Crippen LogP contribution in [-0.2, 0) is 0 Å². The maximum absolute atomic E-state index is 13.6. The first-order valence-electron chi connectivity index (χ1n) is 6.72. The smallest absolute Gasteiger partial charge is 0.360 e. The minimum absolute atomic E-state index is 0.0101. The minimum Gasteiger partial charge on any atom is -0.503 e. The summed E-state index contributed by atoms with van der Waals surface area (Å²) in [6.07, 6.45) is -1.33. The monoisotopic (exact) mass is 386 g/mol. The van der Waals surface area contributed by atoms with Gasteiger partial charge in [-0.25, -0.2) is 8.78 Å². The SMILES string of the molecule is N#Cc1cncc(Oc2c(O)c(O)c3c(c2C(F)F)C(=O)C(F)(F)S3)c1. The summed E-state index contributed by atoms with van der Waals surface area (Å²) in [7, 11) is 0. The predicted octanol–water partition coefficient (Wildman–Crippen LogP) is 3.98. The van der Waals surface area contributed by atoms with E-state index < -0.39 is 62.5 Å². The zero-order valence-corrected chi connectivity index (χ0v) is 13.2. The molecule has 1 aromatic carbocycles. The summed E-state index contributed by atoms with van der Waals surface area (Å²) in [5, 5.41) is 24.6. The predicted molar refractivity (Wildman–Crippen MR) is 78.9 cm³/mol. The summed E-state index contributed by atoms with van der Waals surface area (Å²) in [5.74, 6) is -5.71. The van der Waals surface area contributed by atoms with Crippen LogP contribution < -0.4 is 4.74 Å². The van der Waals surface area contributed by atoms with Crippen molar-refractivity contribution in [3.63, 3.8) is 0 Å². The standard InChI is InChI=1S/C15H6F4N2O4S/c16-14(17)7-8-12(26-15(18,19)13(8)24)10(23)9(22)11(7)25-6-1-5(2-20)3-21-4-6/h1,3-4,14,22-23H. The van der Waals surface area contributed by atoms with E-state index in [4.69, 9.17) is 10.00 Å². The summed E-state index contributed by atoms with van der Waals surface area (Å²) in [6, 6.07) is 2.80. The molecule has 11 heteroatoms. The van der Waals surface area contributed by atoms with E-state index in [1.165, 1.54) is 0 Å². The number of phenolic OH excluding ortho intramolecular Hbond substituents is 2. The number of ether oxygens (including phenoxy) is 1. The fourth-order valence-corrected chi connectivity index (χ4v) is 3.26. The van der Waals surface area contributed by atoms with Crippen LogP contribution in [0.15, 0.2) is 23.4 Å². The molecule has 0 amide bonds. The molecule has 1 aliphatic rings. The molecule has 0 unspecified atom stereocenters. The molecule has 26 heavy (non-hydrogen) atoms. The lowest BCUT2D eigenvalue weighted by Gasteiger charge is -2.16. The Hall–Kier alpha value is -3.00. The molecule has 0 saturated heterocycles. The van der Waals surface area contributed by atoms with Gasteiger partial charge in [0, 0.05) is 12.3 Å². The summed E-state index contributed by atoms with van der Waals surface area (Å²) in [5.41, 5.74) is -2.42. The van der Waals surface area contributed by atoms with Crippen molar-refractivity contribution in [1.82, 2.24) is 4.98 Å². The number of aromatic nitrogens is 1. The molecule has 0 spiro atoms. The first-order chi connectivity index (χ1) is 12.2. The number of nitrogens with zero attached hydrogens (tertiary/aromatic N) is 2. The Kier molecular flexibility index (Phi) is 4.15. The molecule has 6 nitrogen and oxygen atoms in total. The maximum atomic E-state index is 13.6. The highest BCUT2D eigenvalue weighted by atomic mass is 32.2. The normalized spacial score (nSPS) is 15.0. The minimum atomic E-state index is -4.07. The molecule has 0 saturated carbocycles. The van der Waals surface area contributed by atoms with Crippen LogP contribution in [0.3, 0.4) is 0 Å². The van der Waals surface area contributed by atoms with Crippen LogP contribution in [0.5, 0.6) is 23.0 Å². The molecule has 134 valence electrons. The number of pyridine rings is 1. The lowest BCUT2D eigenvalue weighted by atomic mass is 10.0. The van der Waals surface area contributed by atoms with Crippen molar-refractivity contribution in [1.29, 1.82) is 5.26 Å². The van der Waals surface area contributed by atoms with Gasteiger partial charge in [-0.15, -0.1) is 0 Å². The number of fused-ring (bicyclic) bond motifs is 1. The Balaban J connectivity index is 2.24. The third kappa shape index (κ3) is 2.68. The second-order valence-corrected chi connectivity index (χ2v) is 6.14. The fourth-order valence-electron chi connectivity index (χ4n) is 2.31. The van der Waals surface area contributed by atoms with Crippen molar-refractivity contribution in [3.05, 3.63) is 35.2 Å². The Morgan fingerprint density at radius 2 is 1.96 bits per heavy atom. The highest BCUT2D eigenvalue weighted by molar-refractivity contribution is 8.01. The van der Waals surface area contributed by atoms with Gasteiger partial charge in [0.05, 0.1) is 27.8 Å². The van der Waals surface area contributed by atoms with E-state index in [9.17, 15) is 32.6 Å². The molecule has 2 N–H and O–H groups in total. The molecular formula is C15H6F4N2O4S. The number of halogens is 4. The molecule has 2 heterocycles. The van der Waals surface area contributed by atoms with Crippen molar-refractivity contribution in [3.8, 4) is 29.1 Å². The Labute approximate surface area is 146 Å². The molecule has 0 aliphatic carbocycles. The number of benzene rings is 1. The molecule has 2 aromatic rings. The number of carbonyl (C=O) groups is 1. The van der Waals surface area contributed by atoms with Gasteiger partial charge in [-0.3, -0.25) is 9.78 Å². The van der Waals surface area contributed by atoms with Crippen LogP contribution in [0.2, 0.25) is 0 Å². The van der Waals surface area contributed by atoms with Crippen LogP contribution in [0.1, 0.15) is 27.9 Å². The summed E-state index contributed by atoms with van der Waals surface area (Å²) >= 11 is -0.442. The van der Waals surface area contributed by atoms with Crippen molar-refractivity contribution >= 4 is 17.5 Å². The average molecular weight is 386 g/mol. The van der Waals surface area contributed by atoms with E-state index in [1.807, 2.05) is 0 Å². The van der Waals surface area contributed by atoms with Gasteiger partial charge < -0.3 is 14.9 Å². The molecule has 0 atom stereocenters. The molecule has 0 bridgehead atoms. The molecule has 1 aliphatic heterocycles. The highest BCUT2D eigenvalue weighted by Gasteiger charge is 2.53. The van der Waals surface area contributed by atoms with E-state index in [2.05, 4.69) is 4.98 Å². The number of Topliss-reactive ketones (excluding diaryl/α,β-unsaturated/α-hetero) is 1. The van der Waals surface area contributed by atoms with Gasteiger partial charge in [0.25, 0.3) is 6.43 Å². The van der Waals surface area contributed by atoms with Gasteiger partial charge in [0.15, 0.2) is 11.5 Å². The lowest BCUT2D eigenvalue weighted by Crippen LogP contribution is -2.19. The van der Waals surface area contributed by atoms with Gasteiger partial charge in [0.1, 0.15) is 11.8 Å². The topological polar surface area (TPSA) is 103 Å². The molecule has 0 radical (unpaired) electrons. The summed E-state index contributed by atoms with van der Waals surface area (Å²) in [4.78, 5) is 14.6. The first-order valence-corrected chi connectivity index (χ1v) is 7.53. The molecule has 1 aromatic heterocycles. The number of ketones is 1. The second kappa shape index (κ2) is 6.06. The Morgan fingerprint density at radius 3 is 2.58 bits per heavy atom. The zero-order chi connectivity index (χ0) is 19.2. The zero-order valence-electron chi connectivity index (χ0n) is 12.3. The van der Waals surface area contributed by atoms with Gasteiger partial charge in [-0.2, -0.15) is 14.0 Å². The van der Waals surface area contributed by atoms with Crippen molar-refractivity contribution < 1.29 is 37.3 Å². The number of hydrogen-bond donors (Lipinski definition) is 2. The molecule has 0 fully saturated rings. The number of carbonyl (C=O) groups excluding carboxylic acids is 1. The quantitative estimate of drug-likeness (QED) is 0.608. The van der Waals surface area contributed by atoms with Crippen LogP contribution in [0, 0.1) is 11.3 Å². The van der Waals surface area contributed by atoms with E-state index >= 15 is 0 Å². The number of aromatic hydroxyl groups is 2. The summed E-state index contributed by atoms with van der Waals surface area (Å²) < 4.78 is 59.4. The van der Waals surface area contributed by atoms with Gasteiger partial charge in [-0.1, -0.05) is 0 Å². The van der Waals surface area contributed by atoms with Gasteiger partial charge >= 0.3 is 5.25 Å². The average Bonchev–Trinajstić information content (AvgIpc) is 2.83. The van der Waals surface area contributed by atoms with Gasteiger partial charge in [-0.05, 0) is 11.8 Å². The van der Waals surface area contributed by atoms with E-state index in [-0.39, 0.29) is 11.3 Å². The second-order valence-electron chi connectivity index (χ2n) is 5.02. The number of phenols is 2.